The van der Waals surface area contributed by atoms with Crippen molar-refractivity contribution in [2.75, 3.05) is 11.1 Å². The van der Waals surface area contributed by atoms with Crippen LogP contribution in [0.25, 0.3) is 0 Å². The number of hydrazine groups is 1. The number of hydrogen-bond acceptors (Lipinski definition) is 4. The van der Waals surface area contributed by atoms with Gasteiger partial charge in [0.05, 0.1) is 4.90 Å². The van der Waals surface area contributed by atoms with E-state index in [1.54, 1.807) is 42.5 Å². The Morgan fingerprint density at radius 1 is 0.917 bits per heavy atom. The van der Waals surface area contributed by atoms with Crippen molar-refractivity contribution < 1.29 is 18.0 Å². The van der Waals surface area contributed by atoms with E-state index in [1.807, 2.05) is 6.92 Å². The number of nitrogens with one attached hydrogen (secondary N) is 3. The molecule has 0 radical (unpaired) electrons. The molecular weight excluding hydrogens is 330 g/mol. The van der Waals surface area contributed by atoms with Crippen molar-refractivity contribution in [1.29, 1.82) is 0 Å². The van der Waals surface area contributed by atoms with Crippen molar-refractivity contribution in [3.05, 3.63) is 60.2 Å². The molecule has 0 bridgehead atoms. The van der Waals surface area contributed by atoms with Crippen LogP contribution in [0.4, 0.5) is 10.5 Å². The van der Waals surface area contributed by atoms with E-state index < -0.39 is 27.5 Å². The van der Waals surface area contributed by atoms with Crippen molar-refractivity contribution in [3.8, 4) is 0 Å². The summed E-state index contributed by atoms with van der Waals surface area (Å²) in [5.41, 5.74) is 5.61. The van der Waals surface area contributed by atoms with Crippen LogP contribution < -0.4 is 16.2 Å². The molecule has 0 aliphatic rings. The molecule has 0 unspecified atom stereocenters. The number of benzene rings is 2. The number of hydrogen-bond donors (Lipinski definition) is 3. The first-order valence-corrected chi connectivity index (χ1v) is 8.72. The summed E-state index contributed by atoms with van der Waals surface area (Å²) in [5, 5.41) is 2.48. The third-order valence-electron chi connectivity index (χ3n) is 3.05. The Kier molecular flexibility index (Phi) is 5.54. The van der Waals surface area contributed by atoms with Crippen LogP contribution in [0.15, 0.2) is 59.5 Å². The molecule has 126 valence electrons. The van der Waals surface area contributed by atoms with Gasteiger partial charge >= 0.3 is 6.03 Å². The highest BCUT2D eigenvalue weighted by molar-refractivity contribution is 7.92. The van der Waals surface area contributed by atoms with Crippen molar-refractivity contribution in [2.45, 2.75) is 11.8 Å². The maximum atomic E-state index is 12.1. The lowest BCUT2D eigenvalue weighted by atomic mass is 10.2. The van der Waals surface area contributed by atoms with Crippen LogP contribution in [-0.2, 0) is 14.6 Å². The molecule has 3 N–H and O–H groups in total. The number of para-hydroxylation sites is 1. The van der Waals surface area contributed by atoms with E-state index in [-0.39, 0.29) is 4.90 Å². The van der Waals surface area contributed by atoms with Crippen molar-refractivity contribution in [3.63, 3.8) is 0 Å². The highest BCUT2D eigenvalue weighted by Crippen LogP contribution is 2.11. The third kappa shape index (κ3) is 5.10. The molecule has 0 atom stereocenters. The molecule has 0 saturated heterocycles. The predicted octanol–water partition coefficient (Wildman–Crippen LogP) is 1.62. The van der Waals surface area contributed by atoms with Crippen molar-refractivity contribution in [2.24, 2.45) is 0 Å². The lowest BCUT2D eigenvalue weighted by molar-refractivity contribution is -0.119. The highest BCUT2D eigenvalue weighted by Gasteiger charge is 2.19. The second kappa shape index (κ2) is 7.60. The van der Waals surface area contributed by atoms with Crippen LogP contribution in [0.5, 0.6) is 0 Å². The molecule has 0 heterocycles. The molecule has 0 aliphatic heterocycles. The summed E-state index contributed by atoms with van der Waals surface area (Å²) in [4.78, 5) is 23.4. The summed E-state index contributed by atoms with van der Waals surface area (Å²) < 4.78 is 24.2. The monoisotopic (exact) mass is 347 g/mol. The summed E-state index contributed by atoms with van der Waals surface area (Å²) in [6, 6.07) is 14.1. The Balaban J connectivity index is 1.86. The van der Waals surface area contributed by atoms with E-state index in [0.29, 0.717) is 5.69 Å². The first kappa shape index (κ1) is 17.5. The normalized spacial score (nSPS) is 10.7. The molecule has 3 amide bonds. The van der Waals surface area contributed by atoms with E-state index in [2.05, 4.69) is 16.2 Å². The number of carbonyl (C=O) groups excluding carboxylic acids is 2. The maximum absolute atomic E-state index is 12.1. The minimum atomic E-state index is -3.77. The predicted molar refractivity (Wildman–Crippen MR) is 90.0 cm³/mol. The minimum Gasteiger partial charge on any atom is -0.307 e. The number of anilines is 1. The molecule has 24 heavy (non-hydrogen) atoms. The molecule has 2 rings (SSSR count). The molecule has 0 aromatic heterocycles. The second-order valence-corrected chi connectivity index (χ2v) is 7.06. The molecule has 8 heteroatoms. The molecule has 0 spiro atoms. The molecule has 7 nitrogen and oxygen atoms in total. The zero-order valence-corrected chi connectivity index (χ0v) is 13.8. The first-order chi connectivity index (χ1) is 11.4. The standard InChI is InChI=1S/C16H17N3O4S/c1-12-7-9-14(10-8-12)24(22,23)11-15(20)18-19-16(21)17-13-5-3-2-4-6-13/h2-10H,11H2,1H3,(H,18,20)(H2,17,19,21). The fourth-order valence-corrected chi connectivity index (χ4v) is 2.98. The maximum Gasteiger partial charge on any atom is 0.337 e. The van der Waals surface area contributed by atoms with Crippen LogP contribution in [0.2, 0.25) is 0 Å². The fourth-order valence-electron chi connectivity index (χ4n) is 1.85. The summed E-state index contributed by atoms with van der Waals surface area (Å²) in [6.07, 6.45) is 0. The quantitative estimate of drug-likeness (QED) is 0.731. The minimum absolute atomic E-state index is 0.0528. The topological polar surface area (TPSA) is 104 Å². The SMILES string of the molecule is Cc1ccc(S(=O)(=O)CC(=O)NNC(=O)Nc2ccccc2)cc1. The number of carbonyl (C=O) groups is 2. The number of amides is 3. The molecule has 0 aliphatic carbocycles. The van der Waals surface area contributed by atoms with Gasteiger partial charge in [-0.1, -0.05) is 35.9 Å². The second-order valence-electron chi connectivity index (χ2n) is 5.07. The lowest BCUT2D eigenvalue weighted by Crippen LogP contribution is -2.46. The van der Waals surface area contributed by atoms with Crippen LogP contribution >= 0.6 is 0 Å². The summed E-state index contributed by atoms with van der Waals surface area (Å²) in [5.74, 6) is -1.60. The third-order valence-corrected chi connectivity index (χ3v) is 4.68. The average Bonchev–Trinajstić information content (AvgIpc) is 2.54. The van der Waals surface area contributed by atoms with Gasteiger partial charge in [0.1, 0.15) is 5.75 Å². The number of rotatable bonds is 4. The average molecular weight is 347 g/mol. The Morgan fingerprint density at radius 3 is 2.17 bits per heavy atom. The van der Waals surface area contributed by atoms with Crippen molar-refractivity contribution in [1.82, 2.24) is 10.9 Å². The van der Waals surface area contributed by atoms with E-state index >= 15 is 0 Å². The van der Waals surface area contributed by atoms with Gasteiger partial charge in [0, 0.05) is 5.69 Å². The first-order valence-electron chi connectivity index (χ1n) is 7.07. The smallest absolute Gasteiger partial charge is 0.307 e. The molecule has 2 aromatic rings. The fraction of sp³-hybridized carbons (Fsp3) is 0.125. The van der Waals surface area contributed by atoms with E-state index in [1.165, 1.54) is 12.1 Å². The van der Waals surface area contributed by atoms with Crippen LogP contribution in [0.1, 0.15) is 5.56 Å². The van der Waals surface area contributed by atoms with Gasteiger partial charge in [-0.25, -0.2) is 18.6 Å². The van der Waals surface area contributed by atoms with Crippen LogP contribution in [0, 0.1) is 6.92 Å². The largest absolute Gasteiger partial charge is 0.337 e. The zero-order valence-electron chi connectivity index (χ0n) is 12.9. The lowest BCUT2D eigenvalue weighted by Gasteiger charge is -2.09. The Hall–Kier alpha value is -2.87. The molecule has 0 fully saturated rings. The van der Waals surface area contributed by atoms with E-state index in [9.17, 15) is 18.0 Å². The molecule has 2 aromatic carbocycles. The van der Waals surface area contributed by atoms with Gasteiger partial charge in [-0.2, -0.15) is 0 Å². The zero-order chi connectivity index (χ0) is 17.6. The summed E-state index contributed by atoms with van der Waals surface area (Å²) >= 11 is 0. The van der Waals surface area contributed by atoms with Gasteiger partial charge in [0.2, 0.25) is 0 Å². The van der Waals surface area contributed by atoms with Crippen LogP contribution in [-0.4, -0.2) is 26.1 Å². The summed E-state index contributed by atoms with van der Waals surface area (Å²) in [6.45, 7) is 1.83. The number of sulfone groups is 1. The van der Waals surface area contributed by atoms with Gasteiger partial charge in [-0.15, -0.1) is 0 Å². The summed E-state index contributed by atoms with van der Waals surface area (Å²) in [7, 11) is -3.77. The van der Waals surface area contributed by atoms with Gasteiger partial charge in [-0.05, 0) is 31.2 Å². The van der Waals surface area contributed by atoms with Gasteiger partial charge in [-0.3, -0.25) is 10.2 Å². The van der Waals surface area contributed by atoms with E-state index in [4.69, 9.17) is 0 Å². The van der Waals surface area contributed by atoms with Crippen LogP contribution in [0.3, 0.4) is 0 Å². The number of urea groups is 1. The Labute approximate surface area is 140 Å². The van der Waals surface area contributed by atoms with Crippen molar-refractivity contribution >= 4 is 27.5 Å². The van der Waals surface area contributed by atoms with Gasteiger partial charge in [0.15, 0.2) is 9.84 Å². The molecule has 0 saturated carbocycles. The van der Waals surface area contributed by atoms with Gasteiger partial charge in [0.25, 0.3) is 5.91 Å². The van der Waals surface area contributed by atoms with E-state index in [0.717, 1.165) is 5.56 Å². The number of aryl methyl sites for hydroxylation is 1. The molecular formula is C16H17N3O4S. The highest BCUT2D eigenvalue weighted by atomic mass is 32.2. The van der Waals surface area contributed by atoms with Gasteiger partial charge < -0.3 is 5.32 Å². The Bertz CT molecular complexity index is 818. The Morgan fingerprint density at radius 2 is 1.54 bits per heavy atom.